The molecule has 0 aliphatic carbocycles. The highest BCUT2D eigenvalue weighted by molar-refractivity contribution is 5.96. The van der Waals surface area contributed by atoms with Gasteiger partial charge in [-0.2, -0.15) is 0 Å². The number of para-hydroxylation sites is 1. The normalized spacial score (nSPS) is 18.2. The standard InChI is InChI=1S/C18H20N2O/c21-18-13-16(14-20(18)17-9-5-2-6-10-17)19-12-11-15-7-3-1-4-8-15/h1-10,16,19H,11-14H2. The van der Waals surface area contributed by atoms with Crippen molar-refractivity contribution < 1.29 is 4.79 Å². The van der Waals surface area contributed by atoms with Crippen LogP contribution in [0.1, 0.15) is 12.0 Å². The van der Waals surface area contributed by atoms with E-state index in [9.17, 15) is 4.79 Å². The zero-order valence-corrected chi connectivity index (χ0v) is 12.0. The van der Waals surface area contributed by atoms with Gasteiger partial charge in [0, 0.05) is 24.7 Å². The Hall–Kier alpha value is -2.13. The first-order valence-electron chi connectivity index (χ1n) is 7.45. The van der Waals surface area contributed by atoms with Gasteiger partial charge in [0.2, 0.25) is 5.91 Å². The summed E-state index contributed by atoms with van der Waals surface area (Å²) in [6.45, 7) is 1.67. The third kappa shape index (κ3) is 3.50. The molecule has 0 spiro atoms. The summed E-state index contributed by atoms with van der Waals surface area (Å²) in [5.41, 5.74) is 2.32. The van der Waals surface area contributed by atoms with E-state index in [1.54, 1.807) is 0 Å². The Morgan fingerprint density at radius 1 is 1.00 bits per heavy atom. The Morgan fingerprint density at radius 2 is 1.67 bits per heavy atom. The molecule has 0 radical (unpaired) electrons. The summed E-state index contributed by atoms with van der Waals surface area (Å²) in [5.74, 6) is 0.207. The lowest BCUT2D eigenvalue weighted by molar-refractivity contribution is -0.117. The molecule has 3 rings (SSSR count). The quantitative estimate of drug-likeness (QED) is 0.913. The number of nitrogens with zero attached hydrogens (tertiary/aromatic N) is 1. The summed E-state index contributed by atoms with van der Waals surface area (Å²) in [6, 6.07) is 20.6. The van der Waals surface area contributed by atoms with Crippen LogP contribution in [0, 0.1) is 0 Å². The van der Waals surface area contributed by atoms with Gasteiger partial charge in [0.05, 0.1) is 0 Å². The van der Waals surface area contributed by atoms with Crippen LogP contribution in [0.5, 0.6) is 0 Å². The molecule has 108 valence electrons. The zero-order chi connectivity index (χ0) is 14.5. The van der Waals surface area contributed by atoms with Crippen molar-refractivity contribution in [3.8, 4) is 0 Å². The molecule has 3 heteroatoms. The highest BCUT2D eigenvalue weighted by Gasteiger charge is 2.29. The van der Waals surface area contributed by atoms with E-state index < -0.39 is 0 Å². The Labute approximate surface area is 125 Å². The summed E-state index contributed by atoms with van der Waals surface area (Å²) in [6.07, 6.45) is 1.58. The largest absolute Gasteiger partial charge is 0.311 e. The molecular formula is C18H20N2O. The van der Waals surface area contributed by atoms with Gasteiger partial charge in [-0.05, 0) is 30.7 Å². The van der Waals surface area contributed by atoms with Crippen molar-refractivity contribution in [3.05, 3.63) is 66.2 Å². The Bertz CT molecular complexity index is 583. The van der Waals surface area contributed by atoms with Crippen LogP contribution in [0.4, 0.5) is 5.69 Å². The molecule has 0 aromatic heterocycles. The van der Waals surface area contributed by atoms with E-state index >= 15 is 0 Å². The number of hydrogen-bond donors (Lipinski definition) is 1. The number of benzene rings is 2. The molecule has 2 aromatic carbocycles. The van der Waals surface area contributed by atoms with Crippen LogP contribution < -0.4 is 10.2 Å². The van der Waals surface area contributed by atoms with Crippen molar-refractivity contribution in [1.29, 1.82) is 0 Å². The van der Waals surface area contributed by atoms with Crippen molar-refractivity contribution >= 4 is 11.6 Å². The van der Waals surface area contributed by atoms with Crippen LogP contribution in [0.3, 0.4) is 0 Å². The van der Waals surface area contributed by atoms with Crippen LogP contribution in [-0.2, 0) is 11.2 Å². The van der Waals surface area contributed by atoms with E-state index in [4.69, 9.17) is 0 Å². The number of rotatable bonds is 5. The molecule has 1 unspecified atom stereocenters. The second-order valence-corrected chi connectivity index (χ2v) is 5.43. The smallest absolute Gasteiger partial charge is 0.228 e. The van der Waals surface area contributed by atoms with Crippen molar-refractivity contribution in [1.82, 2.24) is 5.32 Å². The van der Waals surface area contributed by atoms with Gasteiger partial charge in [0.1, 0.15) is 0 Å². The average molecular weight is 280 g/mol. The minimum Gasteiger partial charge on any atom is -0.311 e. The number of nitrogens with one attached hydrogen (secondary N) is 1. The van der Waals surface area contributed by atoms with Crippen LogP contribution >= 0.6 is 0 Å². The third-order valence-electron chi connectivity index (χ3n) is 3.88. The fourth-order valence-corrected chi connectivity index (χ4v) is 2.77. The van der Waals surface area contributed by atoms with Crippen molar-refractivity contribution in [3.63, 3.8) is 0 Å². The molecular weight excluding hydrogens is 260 g/mol. The summed E-state index contributed by atoms with van der Waals surface area (Å²) in [5, 5.41) is 3.50. The molecule has 3 nitrogen and oxygen atoms in total. The lowest BCUT2D eigenvalue weighted by Gasteiger charge is -2.17. The fourth-order valence-electron chi connectivity index (χ4n) is 2.77. The van der Waals surface area contributed by atoms with Crippen LogP contribution in [0.15, 0.2) is 60.7 Å². The number of hydrogen-bond acceptors (Lipinski definition) is 2. The predicted octanol–water partition coefficient (Wildman–Crippen LogP) is 2.62. The van der Waals surface area contributed by atoms with E-state index in [0.29, 0.717) is 6.42 Å². The minimum absolute atomic E-state index is 0.207. The summed E-state index contributed by atoms with van der Waals surface area (Å²) < 4.78 is 0. The topological polar surface area (TPSA) is 32.3 Å². The highest BCUT2D eigenvalue weighted by Crippen LogP contribution is 2.20. The monoisotopic (exact) mass is 280 g/mol. The second-order valence-electron chi connectivity index (χ2n) is 5.43. The van der Waals surface area contributed by atoms with Crippen LogP contribution in [-0.4, -0.2) is 25.0 Å². The Morgan fingerprint density at radius 3 is 2.38 bits per heavy atom. The van der Waals surface area contributed by atoms with Gasteiger partial charge in [-0.3, -0.25) is 4.79 Å². The molecule has 1 aliphatic rings. The molecule has 1 N–H and O–H groups in total. The Balaban J connectivity index is 1.51. The van der Waals surface area contributed by atoms with E-state index in [2.05, 4.69) is 29.6 Å². The molecule has 0 saturated carbocycles. The van der Waals surface area contributed by atoms with Crippen molar-refractivity contribution in [2.45, 2.75) is 18.9 Å². The lowest BCUT2D eigenvalue weighted by Crippen LogP contribution is -2.34. The van der Waals surface area contributed by atoms with Gasteiger partial charge in [-0.25, -0.2) is 0 Å². The second kappa shape index (κ2) is 6.55. The maximum absolute atomic E-state index is 12.1. The van der Waals surface area contributed by atoms with Gasteiger partial charge in [-0.15, -0.1) is 0 Å². The fraction of sp³-hybridized carbons (Fsp3) is 0.278. The molecule has 1 amide bonds. The van der Waals surface area contributed by atoms with E-state index in [-0.39, 0.29) is 11.9 Å². The van der Waals surface area contributed by atoms with Gasteiger partial charge in [0.15, 0.2) is 0 Å². The molecule has 2 aromatic rings. The zero-order valence-electron chi connectivity index (χ0n) is 12.0. The maximum Gasteiger partial charge on any atom is 0.228 e. The molecule has 1 atom stereocenters. The molecule has 1 aliphatic heterocycles. The Kier molecular flexibility index (Phi) is 4.31. The summed E-state index contributed by atoms with van der Waals surface area (Å²) in [4.78, 5) is 14.0. The van der Waals surface area contributed by atoms with Gasteiger partial charge >= 0.3 is 0 Å². The minimum atomic E-state index is 0.207. The SMILES string of the molecule is O=C1CC(NCCc2ccccc2)CN1c1ccccc1. The van der Waals surface area contributed by atoms with Gasteiger partial charge < -0.3 is 10.2 Å². The number of anilines is 1. The number of carbonyl (C=O) groups excluding carboxylic acids is 1. The predicted molar refractivity (Wildman–Crippen MR) is 85.3 cm³/mol. The molecule has 21 heavy (non-hydrogen) atoms. The van der Waals surface area contributed by atoms with Crippen LogP contribution in [0.2, 0.25) is 0 Å². The van der Waals surface area contributed by atoms with Crippen molar-refractivity contribution in [2.75, 3.05) is 18.0 Å². The summed E-state index contributed by atoms with van der Waals surface area (Å²) in [7, 11) is 0. The molecule has 1 saturated heterocycles. The summed E-state index contributed by atoms with van der Waals surface area (Å²) >= 11 is 0. The molecule has 0 bridgehead atoms. The van der Waals surface area contributed by atoms with E-state index in [1.807, 2.05) is 41.3 Å². The van der Waals surface area contributed by atoms with E-state index in [0.717, 1.165) is 25.2 Å². The third-order valence-corrected chi connectivity index (χ3v) is 3.88. The molecule has 1 heterocycles. The van der Waals surface area contributed by atoms with Crippen LogP contribution in [0.25, 0.3) is 0 Å². The van der Waals surface area contributed by atoms with Gasteiger partial charge in [0.25, 0.3) is 0 Å². The first-order valence-corrected chi connectivity index (χ1v) is 7.45. The first kappa shape index (κ1) is 13.8. The highest BCUT2D eigenvalue weighted by atomic mass is 16.2. The lowest BCUT2D eigenvalue weighted by atomic mass is 10.1. The average Bonchev–Trinajstić information content (AvgIpc) is 2.90. The first-order chi connectivity index (χ1) is 10.3. The molecule has 1 fully saturated rings. The maximum atomic E-state index is 12.1. The van der Waals surface area contributed by atoms with Crippen molar-refractivity contribution in [2.24, 2.45) is 0 Å². The van der Waals surface area contributed by atoms with Gasteiger partial charge in [-0.1, -0.05) is 48.5 Å². The van der Waals surface area contributed by atoms with E-state index in [1.165, 1.54) is 5.56 Å². The number of carbonyl (C=O) groups is 1. The number of amides is 1.